The fraction of sp³-hybridized carbons (Fsp3) is 0.636. The lowest BCUT2D eigenvalue weighted by Crippen LogP contribution is -2.27. The summed E-state index contributed by atoms with van der Waals surface area (Å²) in [6, 6.07) is 0. The van der Waals surface area contributed by atoms with Gasteiger partial charge in [0, 0.05) is 23.7 Å². The van der Waals surface area contributed by atoms with Gasteiger partial charge in [0.2, 0.25) is 0 Å². The fourth-order valence-electron chi connectivity index (χ4n) is 1.47. The molecule has 18 heavy (non-hydrogen) atoms. The van der Waals surface area contributed by atoms with Crippen molar-refractivity contribution in [3.8, 4) is 0 Å². The molecule has 1 heterocycles. The van der Waals surface area contributed by atoms with E-state index in [1.165, 1.54) is 6.20 Å². The van der Waals surface area contributed by atoms with E-state index < -0.39 is 17.5 Å². The first-order valence-electron chi connectivity index (χ1n) is 5.36. The quantitative estimate of drug-likeness (QED) is 0.792. The van der Waals surface area contributed by atoms with Gasteiger partial charge >= 0.3 is 6.18 Å². The lowest BCUT2D eigenvalue weighted by Gasteiger charge is -2.24. The molecule has 102 valence electrons. The predicted octanol–water partition coefficient (Wildman–Crippen LogP) is 3.66. The van der Waals surface area contributed by atoms with Crippen LogP contribution in [0.5, 0.6) is 0 Å². The van der Waals surface area contributed by atoms with Crippen LogP contribution in [0.3, 0.4) is 0 Å². The van der Waals surface area contributed by atoms with Gasteiger partial charge in [0.05, 0.1) is 0 Å². The van der Waals surface area contributed by atoms with Crippen LogP contribution in [0.25, 0.3) is 0 Å². The Kier molecular flexibility index (Phi) is 4.72. The Balaban J connectivity index is 3.27. The fourth-order valence-corrected chi connectivity index (χ4v) is 1.88. The van der Waals surface area contributed by atoms with Gasteiger partial charge in [-0.25, -0.2) is 9.97 Å². The van der Waals surface area contributed by atoms with Crippen molar-refractivity contribution < 1.29 is 17.9 Å². The van der Waals surface area contributed by atoms with E-state index in [1.807, 2.05) is 0 Å². The van der Waals surface area contributed by atoms with Gasteiger partial charge in [-0.15, -0.1) is 0 Å². The van der Waals surface area contributed by atoms with Crippen LogP contribution in [0.1, 0.15) is 37.9 Å². The summed E-state index contributed by atoms with van der Waals surface area (Å²) >= 11 is 3.00. The SMILES string of the molecule is CCOC(C)(C)c1ncc(CBr)c(C(F)(F)F)n1. The molecular formula is C11H14BrF3N2O. The second-order valence-electron chi connectivity index (χ2n) is 4.14. The van der Waals surface area contributed by atoms with Crippen molar-refractivity contribution in [3.63, 3.8) is 0 Å². The number of alkyl halides is 4. The van der Waals surface area contributed by atoms with Crippen molar-refractivity contribution in [2.24, 2.45) is 0 Å². The lowest BCUT2D eigenvalue weighted by atomic mass is 10.1. The van der Waals surface area contributed by atoms with Crippen molar-refractivity contribution in [1.82, 2.24) is 9.97 Å². The maximum Gasteiger partial charge on any atom is 0.433 e. The largest absolute Gasteiger partial charge is 0.433 e. The van der Waals surface area contributed by atoms with Crippen molar-refractivity contribution in [2.45, 2.75) is 37.9 Å². The van der Waals surface area contributed by atoms with Crippen molar-refractivity contribution in [1.29, 1.82) is 0 Å². The van der Waals surface area contributed by atoms with E-state index >= 15 is 0 Å². The first-order chi connectivity index (χ1) is 8.22. The molecule has 0 radical (unpaired) electrons. The number of hydrogen-bond donors (Lipinski definition) is 0. The van der Waals surface area contributed by atoms with Crippen LogP contribution in [0.15, 0.2) is 6.20 Å². The first-order valence-corrected chi connectivity index (χ1v) is 6.48. The topological polar surface area (TPSA) is 35.0 Å². The Morgan fingerprint density at radius 3 is 2.39 bits per heavy atom. The Hall–Kier alpha value is -0.690. The van der Waals surface area contributed by atoms with Crippen molar-refractivity contribution in [3.05, 3.63) is 23.3 Å². The van der Waals surface area contributed by atoms with Crippen LogP contribution in [0, 0.1) is 0 Å². The van der Waals surface area contributed by atoms with Gasteiger partial charge in [-0.05, 0) is 20.8 Å². The molecule has 0 spiro atoms. The number of ether oxygens (including phenoxy) is 1. The zero-order chi connectivity index (χ0) is 14.0. The van der Waals surface area contributed by atoms with E-state index in [1.54, 1.807) is 20.8 Å². The molecule has 1 rings (SSSR count). The second kappa shape index (κ2) is 5.52. The molecular weight excluding hydrogens is 313 g/mol. The summed E-state index contributed by atoms with van der Waals surface area (Å²) in [5.74, 6) is 0.0291. The Morgan fingerprint density at radius 1 is 1.33 bits per heavy atom. The molecule has 0 atom stereocenters. The maximum absolute atomic E-state index is 12.8. The van der Waals surface area contributed by atoms with E-state index in [9.17, 15) is 13.2 Å². The van der Waals surface area contributed by atoms with Crippen LogP contribution in [-0.4, -0.2) is 16.6 Å². The van der Waals surface area contributed by atoms with Crippen LogP contribution < -0.4 is 0 Å². The second-order valence-corrected chi connectivity index (χ2v) is 4.70. The average molecular weight is 327 g/mol. The number of nitrogens with zero attached hydrogens (tertiary/aromatic N) is 2. The van der Waals surface area contributed by atoms with Gasteiger partial charge in [0.1, 0.15) is 5.60 Å². The number of halogens is 4. The summed E-state index contributed by atoms with van der Waals surface area (Å²) in [5, 5.41) is 0.0528. The molecule has 1 aromatic rings. The van der Waals surface area contributed by atoms with E-state index in [2.05, 4.69) is 25.9 Å². The number of rotatable bonds is 4. The molecule has 0 aliphatic heterocycles. The third-order valence-electron chi connectivity index (χ3n) is 2.32. The summed E-state index contributed by atoms with van der Waals surface area (Å²) in [6.45, 7) is 5.41. The Morgan fingerprint density at radius 2 is 1.94 bits per heavy atom. The van der Waals surface area contributed by atoms with Crippen LogP contribution in [0.2, 0.25) is 0 Å². The minimum absolute atomic E-state index is 0.0125. The van der Waals surface area contributed by atoms with Gasteiger partial charge in [-0.2, -0.15) is 13.2 Å². The van der Waals surface area contributed by atoms with Gasteiger partial charge in [0.25, 0.3) is 0 Å². The molecule has 0 aliphatic carbocycles. The summed E-state index contributed by atoms with van der Waals surface area (Å²) < 4.78 is 43.9. The van der Waals surface area contributed by atoms with Crippen molar-refractivity contribution in [2.75, 3.05) is 6.61 Å². The molecule has 3 nitrogen and oxygen atoms in total. The van der Waals surface area contributed by atoms with Crippen LogP contribution in [-0.2, 0) is 21.8 Å². The molecule has 0 N–H and O–H groups in total. The molecule has 1 aromatic heterocycles. The smallest absolute Gasteiger partial charge is 0.368 e. The predicted molar refractivity (Wildman–Crippen MR) is 64.3 cm³/mol. The summed E-state index contributed by atoms with van der Waals surface area (Å²) in [4.78, 5) is 7.56. The molecule has 0 aromatic carbocycles. The molecule has 0 unspecified atom stereocenters. The normalized spacial score (nSPS) is 12.8. The minimum Gasteiger partial charge on any atom is -0.368 e. The first kappa shape index (κ1) is 15.4. The molecule has 0 fully saturated rings. The van der Waals surface area contributed by atoms with E-state index in [4.69, 9.17) is 4.74 Å². The molecule has 0 amide bonds. The maximum atomic E-state index is 12.8. The Bertz CT molecular complexity index is 421. The summed E-state index contributed by atoms with van der Waals surface area (Å²) in [5.41, 5.74) is -1.85. The van der Waals surface area contributed by atoms with Crippen molar-refractivity contribution >= 4 is 15.9 Å². The standard InChI is InChI=1S/C11H14BrF3N2O/c1-4-18-10(2,3)9-16-6-7(5-12)8(17-9)11(13,14)15/h6H,4-5H2,1-3H3. The highest BCUT2D eigenvalue weighted by Gasteiger charge is 2.37. The van der Waals surface area contributed by atoms with Crippen LogP contribution >= 0.6 is 15.9 Å². The van der Waals surface area contributed by atoms with Crippen LogP contribution in [0.4, 0.5) is 13.2 Å². The molecule has 0 aliphatic rings. The summed E-state index contributed by atoms with van der Waals surface area (Å²) in [6.07, 6.45) is -3.32. The van der Waals surface area contributed by atoms with E-state index in [0.29, 0.717) is 6.61 Å². The van der Waals surface area contributed by atoms with Gasteiger partial charge < -0.3 is 4.74 Å². The third kappa shape index (κ3) is 3.41. The third-order valence-corrected chi connectivity index (χ3v) is 2.92. The highest BCUT2D eigenvalue weighted by Crippen LogP contribution is 2.32. The van der Waals surface area contributed by atoms with E-state index in [-0.39, 0.29) is 16.7 Å². The molecule has 0 saturated carbocycles. The minimum atomic E-state index is -4.50. The number of hydrogen-bond acceptors (Lipinski definition) is 3. The zero-order valence-electron chi connectivity index (χ0n) is 10.3. The Labute approximate surface area is 112 Å². The monoisotopic (exact) mass is 326 g/mol. The van der Waals surface area contributed by atoms with Gasteiger partial charge in [-0.1, -0.05) is 15.9 Å². The molecule has 0 saturated heterocycles. The average Bonchev–Trinajstić information content (AvgIpc) is 2.27. The number of aromatic nitrogens is 2. The summed E-state index contributed by atoms with van der Waals surface area (Å²) in [7, 11) is 0. The molecule has 7 heteroatoms. The van der Waals surface area contributed by atoms with Gasteiger partial charge in [0.15, 0.2) is 11.5 Å². The highest BCUT2D eigenvalue weighted by atomic mass is 79.9. The van der Waals surface area contributed by atoms with Gasteiger partial charge in [-0.3, -0.25) is 0 Å². The lowest BCUT2D eigenvalue weighted by molar-refractivity contribution is -0.142. The van der Waals surface area contributed by atoms with E-state index in [0.717, 1.165) is 0 Å². The highest BCUT2D eigenvalue weighted by molar-refractivity contribution is 9.08. The molecule has 0 bridgehead atoms. The zero-order valence-corrected chi connectivity index (χ0v) is 11.9.